The highest BCUT2D eigenvalue weighted by atomic mass is 16.4. The van der Waals surface area contributed by atoms with Crippen LogP contribution in [0.3, 0.4) is 0 Å². The Kier molecular flexibility index (Phi) is 5.44. The molecule has 0 aromatic heterocycles. The van der Waals surface area contributed by atoms with Crippen molar-refractivity contribution < 1.29 is 19.5 Å². The van der Waals surface area contributed by atoms with Crippen LogP contribution in [0.5, 0.6) is 0 Å². The summed E-state index contributed by atoms with van der Waals surface area (Å²) in [7, 11) is 0. The predicted octanol–water partition coefficient (Wildman–Crippen LogP) is -1.59. The fourth-order valence-corrected chi connectivity index (χ4v) is 1.08. The van der Waals surface area contributed by atoms with Crippen LogP contribution in [-0.2, 0) is 14.4 Å². The van der Waals surface area contributed by atoms with Gasteiger partial charge in [0.1, 0.15) is 6.04 Å². The number of rotatable bonds is 6. The van der Waals surface area contributed by atoms with Gasteiger partial charge in [0.05, 0.1) is 12.5 Å². The molecular formula is C9H17N3O4. The quantitative estimate of drug-likeness (QED) is 0.437. The SMILES string of the molecule is CC(C)[C@@H](NC(=O)C(N)CC(N)=O)C(=O)O. The molecule has 7 heteroatoms. The Labute approximate surface area is 93.2 Å². The molecule has 7 nitrogen and oxygen atoms in total. The standard InChI is InChI=1S/C9H17N3O4/c1-4(2)7(9(15)16)12-8(14)5(10)3-6(11)13/h4-5,7H,3,10H2,1-2H3,(H2,11,13)(H,12,14)(H,15,16)/t5?,7-/m1/s1. The zero-order valence-corrected chi connectivity index (χ0v) is 9.27. The molecule has 6 N–H and O–H groups in total. The van der Waals surface area contributed by atoms with Crippen molar-refractivity contribution in [3.8, 4) is 0 Å². The van der Waals surface area contributed by atoms with Crippen molar-refractivity contribution in [2.75, 3.05) is 0 Å². The smallest absolute Gasteiger partial charge is 0.326 e. The van der Waals surface area contributed by atoms with Crippen LogP contribution in [0.1, 0.15) is 20.3 Å². The van der Waals surface area contributed by atoms with E-state index in [1.165, 1.54) is 0 Å². The van der Waals surface area contributed by atoms with Crippen molar-refractivity contribution in [3.63, 3.8) is 0 Å². The normalized spacial score (nSPS) is 14.2. The van der Waals surface area contributed by atoms with E-state index in [1.807, 2.05) is 0 Å². The predicted molar refractivity (Wildman–Crippen MR) is 56.2 cm³/mol. The molecule has 2 amide bonds. The summed E-state index contributed by atoms with van der Waals surface area (Å²) in [5, 5.41) is 11.1. The molecule has 0 heterocycles. The van der Waals surface area contributed by atoms with Crippen molar-refractivity contribution in [1.29, 1.82) is 0 Å². The zero-order chi connectivity index (χ0) is 12.9. The molecule has 0 aromatic rings. The molecule has 0 saturated carbocycles. The molecule has 0 spiro atoms. The molecule has 1 unspecified atom stereocenters. The number of primary amides is 1. The number of carbonyl (C=O) groups excluding carboxylic acids is 2. The molecule has 92 valence electrons. The number of amides is 2. The van der Waals surface area contributed by atoms with Crippen LogP contribution in [0, 0.1) is 5.92 Å². The van der Waals surface area contributed by atoms with E-state index in [2.05, 4.69) is 5.32 Å². The largest absolute Gasteiger partial charge is 0.480 e. The summed E-state index contributed by atoms with van der Waals surface area (Å²) in [5.74, 6) is -2.82. The van der Waals surface area contributed by atoms with Crippen molar-refractivity contribution >= 4 is 17.8 Å². The zero-order valence-electron chi connectivity index (χ0n) is 9.27. The minimum absolute atomic E-state index is 0.276. The molecule has 0 aliphatic rings. The van der Waals surface area contributed by atoms with E-state index < -0.39 is 29.9 Å². The number of carboxylic acids is 1. The minimum Gasteiger partial charge on any atom is -0.480 e. The highest BCUT2D eigenvalue weighted by Gasteiger charge is 2.26. The van der Waals surface area contributed by atoms with Gasteiger partial charge in [-0.25, -0.2) is 4.79 Å². The van der Waals surface area contributed by atoms with Gasteiger partial charge < -0.3 is 21.9 Å². The molecule has 16 heavy (non-hydrogen) atoms. The summed E-state index contributed by atoms with van der Waals surface area (Å²) < 4.78 is 0. The number of nitrogens with one attached hydrogen (secondary N) is 1. The average molecular weight is 231 g/mol. The van der Waals surface area contributed by atoms with Crippen LogP contribution in [0.25, 0.3) is 0 Å². The molecule has 2 atom stereocenters. The van der Waals surface area contributed by atoms with Crippen molar-refractivity contribution in [1.82, 2.24) is 5.32 Å². The summed E-state index contributed by atoms with van der Waals surface area (Å²) in [6.45, 7) is 3.30. The first-order chi connectivity index (χ1) is 7.25. The minimum atomic E-state index is -1.14. The van der Waals surface area contributed by atoms with Crippen LogP contribution in [0.15, 0.2) is 0 Å². The van der Waals surface area contributed by atoms with E-state index in [9.17, 15) is 14.4 Å². The topological polar surface area (TPSA) is 136 Å². The molecule has 0 fully saturated rings. The first kappa shape index (κ1) is 14.4. The number of aliphatic carboxylic acids is 1. The Morgan fingerprint density at radius 1 is 1.31 bits per heavy atom. The van der Waals surface area contributed by atoms with Crippen molar-refractivity contribution in [2.24, 2.45) is 17.4 Å². The second-order valence-electron chi connectivity index (χ2n) is 3.85. The van der Waals surface area contributed by atoms with E-state index in [4.69, 9.17) is 16.6 Å². The van der Waals surface area contributed by atoms with Crippen LogP contribution >= 0.6 is 0 Å². The molecule has 0 aromatic carbocycles. The van der Waals surface area contributed by atoms with Gasteiger partial charge in [-0.2, -0.15) is 0 Å². The summed E-state index contributed by atoms with van der Waals surface area (Å²) in [4.78, 5) is 32.7. The van der Waals surface area contributed by atoms with Gasteiger partial charge in [0.15, 0.2) is 0 Å². The summed E-state index contributed by atoms with van der Waals surface area (Å²) >= 11 is 0. The third-order valence-corrected chi connectivity index (χ3v) is 1.99. The lowest BCUT2D eigenvalue weighted by Crippen LogP contribution is -2.51. The van der Waals surface area contributed by atoms with E-state index in [-0.39, 0.29) is 12.3 Å². The molecular weight excluding hydrogens is 214 g/mol. The Hall–Kier alpha value is -1.63. The van der Waals surface area contributed by atoms with Crippen LogP contribution in [-0.4, -0.2) is 35.0 Å². The average Bonchev–Trinajstić information content (AvgIpc) is 2.11. The van der Waals surface area contributed by atoms with E-state index >= 15 is 0 Å². The van der Waals surface area contributed by atoms with Crippen LogP contribution in [0.2, 0.25) is 0 Å². The van der Waals surface area contributed by atoms with Gasteiger partial charge in [-0.1, -0.05) is 13.8 Å². The highest BCUT2D eigenvalue weighted by molar-refractivity contribution is 5.90. The second-order valence-corrected chi connectivity index (χ2v) is 3.85. The van der Waals surface area contributed by atoms with Crippen LogP contribution < -0.4 is 16.8 Å². The first-order valence-electron chi connectivity index (χ1n) is 4.82. The number of carbonyl (C=O) groups is 3. The lowest BCUT2D eigenvalue weighted by atomic mass is 10.0. The van der Waals surface area contributed by atoms with Gasteiger partial charge in [-0.05, 0) is 5.92 Å². The maximum Gasteiger partial charge on any atom is 0.326 e. The number of carboxylic acid groups (broad SMARTS) is 1. The molecule has 0 radical (unpaired) electrons. The van der Waals surface area contributed by atoms with Gasteiger partial charge in [-0.3, -0.25) is 9.59 Å². The van der Waals surface area contributed by atoms with E-state index in [0.717, 1.165) is 0 Å². The summed E-state index contributed by atoms with van der Waals surface area (Å²) in [6, 6.07) is -2.13. The van der Waals surface area contributed by atoms with Gasteiger partial charge in [-0.15, -0.1) is 0 Å². The van der Waals surface area contributed by atoms with Crippen molar-refractivity contribution in [3.05, 3.63) is 0 Å². The van der Waals surface area contributed by atoms with Gasteiger partial charge in [0.2, 0.25) is 11.8 Å². The first-order valence-corrected chi connectivity index (χ1v) is 4.82. The van der Waals surface area contributed by atoms with Crippen molar-refractivity contribution in [2.45, 2.75) is 32.4 Å². The summed E-state index contributed by atoms with van der Waals surface area (Å²) in [6.07, 6.45) is -0.309. The Balaban J connectivity index is 4.40. The lowest BCUT2D eigenvalue weighted by molar-refractivity contribution is -0.143. The monoisotopic (exact) mass is 231 g/mol. The van der Waals surface area contributed by atoms with E-state index in [1.54, 1.807) is 13.8 Å². The Bertz CT molecular complexity index is 290. The van der Waals surface area contributed by atoms with Gasteiger partial charge >= 0.3 is 5.97 Å². The lowest BCUT2D eigenvalue weighted by Gasteiger charge is -2.19. The fourth-order valence-electron chi connectivity index (χ4n) is 1.08. The molecule has 0 aliphatic heterocycles. The van der Waals surface area contributed by atoms with Crippen LogP contribution in [0.4, 0.5) is 0 Å². The Morgan fingerprint density at radius 2 is 1.81 bits per heavy atom. The second kappa shape index (κ2) is 6.06. The van der Waals surface area contributed by atoms with E-state index in [0.29, 0.717) is 0 Å². The number of hydrogen-bond donors (Lipinski definition) is 4. The maximum atomic E-state index is 11.4. The molecule has 0 bridgehead atoms. The molecule has 0 saturated heterocycles. The van der Waals surface area contributed by atoms with Gasteiger partial charge in [0.25, 0.3) is 0 Å². The highest BCUT2D eigenvalue weighted by Crippen LogP contribution is 2.02. The fraction of sp³-hybridized carbons (Fsp3) is 0.667. The third kappa shape index (κ3) is 4.74. The molecule has 0 rings (SSSR count). The number of hydrogen-bond acceptors (Lipinski definition) is 4. The van der Waals surface area contributed by atoms with Gasteiger partial charge in [0, 0.05) is 0 Å². The maximum absolute atomic E-state index is 11.4. The Morgan fingerprint density at radius 3 is 2.12 bits per heavy atom. The summed E-state index contributed by atoms with van der Waals surface area (Å²) in [5.41, 5.74) is 10.2. The third-order valence-electron chi connectivity index (χ3n) is 1.99. The number of nitrogens with two attached hydrogens (primary N) is 2. The molecule has 0 aliphatic carbocycles.